The molecule has 11 heteroatoms. The number of hydrogen-bond donors (Lipinski definition) is 0. The molecule has 2 heterocycles. The maximum absolute atomic E-state index is 12.1. The molecule has 2 atom stereocenters. The highest BCUT2D eigenvalue weighted by Crippen LogP contribution is 2.24. The first-order valence-corrected chi connectivity index (χ1v) is 7.09. The fourth-order valence-electron chi connectivity index (χ4n) is 2.25. The Balaban J connectivity index is 1.55. The normalized spacial score (nSPS) is 22.2. The number of fused-ring (bicyclic) bond motifs is 1. The van der Waals surface area contributed by atoms with Crippen molar-refractivity contribution in [3.05, 3.63) is 52.2 Å². The van der Waals surface area contributed by atoms with Crippen molar-refractivity contribution >= 4 is 6.02 Å². The van der Waals surface area contributed by atoms with Gasteiger partial charge in [-0.25, -0.2) is 4.99 Å². The second-order valence-electron chi connectivity index (χ2n) is 5.12. The third-order valence-corrected chi connectivity index (χ3v) is 3.36. The predicted octanol–water partition coefficient (Wildman–Crippen LogP) is 2.25. The minimum absolute atomic E-state index is 0.100. The molecule has 25 heavy (non-hydrogen) atoms. The Morgan fingerprint density at radius 2 is 2.08 bits per heavy atom. The SMILES string of the molecule is O=[N+]([O-])[C@@H]1C=CN2C(=NCC2OCc2ccc(OC(F)(F)F)cc2)O1. The molecule has 0 bridgehead atoms. The number of aliphatic imine (C=N–C) groups is 1. The van der Waals surface area contributed by atoms with E-state index in [-0.39, 0.29) is 24.9 Å². The van der Waals surface area contributed by atoms with Gasteiger partial charge in [-0.2, -0.15) is 0 Å². The average molecular weight is 359 g/mol. The van der Waals surface area contributed by atoms with Crippen LogP contribution in [-0.4, -0.2) is 41.2 Å². The van der Waals surface area contributed by atoms with E-state index in [0.29, 0.717) is 5.56 Å². The van der Waals surface area contributed by atoms with Crippen LogP contribution in [0.15, 0.2) is 41.5 Å². The van der Waals surface area contributed by atoms with Gasteiger partial charge in [0, 0.05) is 12.3 Å². The summed E-state index contributed by atoms with van der Waals surface area (Å²) in [6.07, 6.45) is -3.80. The van der Waals surface area contributed by atoms with Gasteiger partial charge >= 0.3 is 12.6 Å². The van der Waals surface area contributed by atoms with Crippen LogP contribution >= 0.6 is 0 Å². The Kier molecular flexibility index (Phi) is 4.49. The number of halogens is 3. The summed E-state index contributed by atoms with van der Waals surface area (Å²) in [6, 6.07) is 5.37. The van der Waals surface area contributed by atoms with E-state index in [0.717, 1.165) is 0 Å². The quantitative estimate of drug-likeness (QED) is 0.592. The molecule has 1 aromatic rings. The maximum atomic E-state index is 12.1. The maximum Gasteiger partial charge on any atom is 0.573 e. The van der Waals surface area contributed by atoms with E-state index in [1.807, 2.05) is 0 Å². The van der Waals surface area contributed by atoms with Crippen LogP contribution in [0.25, 0.3) is 0 Å². The van der Waals surface area contributed by atoms with Gasteiger partial charge in [-0.05, 0) is 17.7 Å². The molecule has 0 saturated carbocycles. The highest BCUT2D eigenvalue weighted by Gasteiger charge is 2.36. The standard InChI is InChI=1S/C14H12F3N3O5/c15-14(16,17)25-10-3-1-9(2-4-10)8-23-12-7-18-13-19(12)6-5-11(24-13)20(21)22/h1-6,11-12H,7-8H2/t11-,12?/m0/s1. The van der Waals surface area contributed by atoms with Crippen LogP contribution in [0.1, 0.15) is 5.56 Å². The highest BCUT2D eigenvalue weighted by molar-refractivity contribution is 5.78. The number of ether oxygens (including phenoxy) is 3. The molecule has 134 valence electrons. The van der Waals surface area contributed by atoms with Gasteiger partial charge in [0.05, 0.1) is 18.1 Å². The van der Waals surface area contributed by atoms with Crippen molar-refractivity contribution in [2.24, 2.45) is 4.99 Å². The van der Waals surface area contributed by atoms with Crippen molar-refractivity contribution in [2.45, 2.75) is 25.4 Å². The van der Waals surface area contributed by atoms with Crippen LogP contribution in [-0.2, 0) is 16.1 Å². The van der Waals surface area contributed by atoms with E-state index in [1.165, 1.54) is 41.4 Å². The van der Waals surface area contributed by atoms with Crippen LogP contribution in [0.5, 0.6) is 5.75 Å². The molecule has 1 unspecified atom stereocenters. The van der Waals surface area contributed by atoms with Crippen molar-refractivity contribution < 1.29 is 32.3 Å². The molecule has 0 radical (unpaired) electrons. The Hall–Kier alpha value is -2.82. The predicted molar refractivity (Wildman–Crippen MR) is 76.9 cm³/mol. The number of nitrogens with zero attached hydrogens (tertiary/aromatic N) is 3. The van der Waals surface area contributed by atoms with E-state index in [2.05, 4.69) is 9.73 Å². The summed E-state index contributed by atoms with van der Waals surface area (Å²) in [5.41, 5.74) is 0.632. The summed E-state index contributed by atoms with van der Waals surface area (Å²) in [6.45, 7) is 0.335. The number of alkyl halides is 3. The fraction of sp³-hybridized carbons (Fsp3) is 0.357. The van der Waals surface area contributed by atoms with Crippen LogP contribution in [0.3, 0.4) is 0 Å². The van der Waals surface area contributed by atoms with Gasteiger partial charge in [-0.1, -0.05) is 12.1 Å². The summed E-state index contributed by atoms with van der Waals surface area (Å²) in [5, 5.41) is 10.7. The van der Waals surface area contributed by atoms with Crippen molar-refractivity contribution in [3.8, 4) is 5.75 Å². The minimum atomic E-state index is -4.74. The average Bonchev–Trinajstić information content (AvgIpc) is 2.95. The lowest BCUT2D eigenvalue weighted by atomic mass is 10.2. The molecule has 0 amide bonds. The first kappa shape index (κ1) is 17.0. The van der Waals surface area contributed by atoms with Gasteiger partial charge in [-0.15, -0.1) is 13.2 Å². The summed E-state index contributed by atoms with van der Waals surface area (Å²) in [4.78, 5) is 15.7. The van der Waals surface area contributed by atoms with Gasteiger partial charge < -0.3 is 14.2 Å². The Morgan fingerprint density at radius 1 is 1.36 bits per heavy atom. The number of nitro groups is 1. The molecule has 0 N–H and O–H groups in total. The molecule has 0 spiro atoms. The van der Waals surface area contributed by atoms with Gasteiger partial charge in [0.2, 0.25) is 0 Å². The van der Waals surface area contributed by atoms with E-state index in [4.69, 9.17) is 9.47 Å². The Bertz CT molecular complexity index is 705. The number of benzene rings is 1. The van der Waals surface area contributed by atoms with Crippen molar-refractivity contribution in [1.29, 1.82) is 0 Å². The monoisotopic (exact) mass is 359 g/mol. The molecule has 3 rings (SSSR count). The highest BCUT2D eigenvalue weighted by atomic mass is 19.4. The molecule has 2 aliphatic heterocycles. The summed E-state index contributed by atoms with van der Waals surface area (Å²) in [7, 11) is 0. The van der Waals surface area contributed by atoms with Crippen molar-refractivity contribution in [2.75, 3.05) is 6.54 Å². The van der Waals surface area contributed by atoms with Gasteiger partial charge in [0.1, 0.15) is 5.75 Å². The molecule has 0 aromatic heterocycles. The molecule has 0 fully saturated rings. The van der Waals surface area contributed by atoms with Crippen molar-refractivity contribution in [3.63, 3.8) is 0 Å². The van der Waals surface area contributed by atoms with Gasteiger partial charge in [0.15, 0.2) is 6.23 Å². The van der Waals surface area contributed by atoms with Crippen LogP contribution in [0.2, 0.25) is 0 Å². The molecule has 0 saturated heterocycles. The van der Waals surface area contributed by atoms with Gasteiger partial charge in [-0.3, -0.25) is 15.0 Å². The second-order valence-corrected chi connectivity index (χ2v) is 5.12. The number of hydrogen-bond acceptors (Lipinski definition) is 7. The van der Waals surface area contributed by atoms with Crippen LogP contribution < -0.4 is 4.74 Å². The molecular weight excluding hydrogens is 347 g/mol. The minimum Gasteiger partial charge on any atom is -0.406 e. The van der Waals surface area contributed by atoms with E-state index < -0.39 is 23.7 Å². The fourth-order valence-corrected chi connectivity index (χ4v) is 2.25. The molecule has 0 aliphatic carbocycles. The van der Waals surface area contributed by atoms with E-state index in [1.54, 1.807) is 0 Å². The third-order valence-electron chi connectivity index (χ3n) is 3.36. The Labute approximate surface area is 139 Å². The lowest BCUT2D eigenvalue weighted by molar-refractivity contribution is -0.552. The first-order chi connectivity index (χ1) is 11.8. The lowest BCUT2D eigenvalue weighted by Gasteiger charge is -2.26. The van der Waals surface area contributed by atoms with Crippen molar-refractivity contribution in [1.82, 2.24) is 4.90 Å². The smallest absolute Gasteiger partial charge is 0.406 e. The topological polar surface area (TPSA) is 86.4 Å². The van der Waals surface area contributed by atoms with Gasteiger partial charge in [0.25, 0.3) is 6.02 Å². The third kappa shape index (κ3) is 4.18. The summed E-state index contributed by atoms with van der Waals surface area (Å²) in [5.74, 6) is -0.319. The zero-order valence-corrected chi connectivity index (χ0v) is 12.5. The van der Waals surface area contributed by atoms with E-state index in [9.17, 15) is 23.3 Å². The summed E-state index contributed by atoms with van der Waals surface area (Å²) >= 11 is 0. The molecule has 8 nitrogen and oxygen atoms in total. The van der Waals surface area contributed by atoms with Crippen LogP contribution in [0.4, 0.5) is 13.2 Å². The molecule has 2 aliphatic rings. The first-order valence-electron chi connectivity index (χ1n) is 7.09. The molecular formula is C14H12F3N3O5. The van der Waals surface area contributed by atoms with E-state index >= 15 is 0 Å². The number of amidine groups is 1. The largest absolute Gasteiger partial charge is 0.573 e. The second kappa shape index (κ2) is 6.59. The lowest BCUT2D eigenvalue weighted by Crippen LogP contribution is -2.41. The zero-order chi connectivity index (χ0) is 18.0. The summed E-state index contributed by atoms with van der Waals surface area (Å²) < 4.78 is 50.8. The molecule has 1 aromatic carbocycles. The zero-order valence-electron chi connectivity index (χ0n) is 12.5. The van der Waals surface area contributed by atoms with Crippen LogP contribution in [0, 0.1) is 10.1 Å². The Morgan fingerprint density at radius 3 is 2.72 bits per heavy atom. The number of rotatable bonds is 5.